The summed E-state index contributed by atoms with van der Waals surface area (Å²) in [6.07, 6.45) is 2.43. The molecule has 0 aliphatic carbocycles. The number of fused-ring (bicyclic) bond motifs is 1. The Labute approximate surface area is 125 Å². The molecule has 2 aromatic heterocycles. The van der Waals surface area contributed by atoms with Crippen LogP contribution in [0.15, 0.2) is 35.1 Å². The predicted molar refractivity (Wildman–Crippen MR) is 76.6 cm³/mol. The molecule has 6 nitrogen and oxygen atoms in total. The van der Waals surface area contributed by atoms with E-state index in [1.54, 1.807) is 6.33 Å². The number of halogens is 1. The van der Waals surface area contributed by atoms with E-state index in [-0.39, 0.29) is 6.04 Å². The molecule has 1 unspecified atom stereocenters. The zero-order valence-corrected chi connectivity index (χ0v) is 11.8. The zero-order valence-electron chi connectivity index (χ0n) is 11.0. The molecule has 3 aromatic rings. The number of nitrogens with zero attached hydrogens (tertiary/aromatic N) is 3. The van der Waals surface area contributed by atoms with Crippen LogP contribution in [-0.4, -0.2) is 20.1 Å². The lowest BCUT2D eigenvalue weighted by atomic mass is 10.1. The molecule has 106 valence electrons. The summed E-state index contributed by atoms with van der Waals surface area (Å²) in [7, 11) is 0. The fourth-order valence-electron chi connectivity index (χ4n) is 2.47. The Morgan fingerprint density at radius 3 is 3.10 bits per heavy atom. The first-order valence-corrected chi connectivity index (χ1v) is 7.02. The largest absolute Gasteiger partial charge is 0.347 e. The van der Waals surface area contributed by atoms with E-state index in [9.17, 15) is 0 Å². The molecule has 0 amide bonds. The highest BCUT2D eigenvalue weighted by Gasteiger charge is 2.26. The van der Waals surface area contributed by atoms with Crippen LogP contribution in [0.25, 0.3) is 11.4 Å². The molecule has 0 saturated carbocycles. The molecule has 0 bridgehead atoms. The highest BCUT2D eigenvalue weighted by molar-refractivity contribution is 6.33. The van der Waals surface area contributed by atoms with Crippen LogP contribution in [0.2, 0.25) is 5.02 Å². The Balaban J connectivity index is 1.62. The van der Waals surface area contributed by atoms with E-state index >= 15 is 0 Å². The summed E-state index contributed by atoms with van der Waals surface area (Å²) in [4.78, 5) is 11.9. The van der Waals surface area contributed by atoms with Crippen molar-refractivity contribution in [1.29, 1.82) is 0 Å². The fraction of sp³-hybridized carbons (Fsp3) is 0.214. The maximum absolute atomic E-state index is 6.15. The lowest BCUT2D eigenvalue weighted by Gasteiger charge is -2.19. The van der Waals surface area contributed by atoms with E-state index in [4.69, 9.17) is 16.1 Å². The van der Waals surface area contributed by atoms with Gasteiger partial charge in [-0.1, -0.05) is 28.9 Å². The molecule has 0 radical (unpaired) electrons. The van der Waals surface area contributed by atoms with Crippen LogP contribution in [0.4, 0.5) is 0 Å². The third-order valence-electron chi connectivity index (χ3n) is 3.58. The Hall–Kier alpha value is -2.18. The Morgan fingerprint density at radius 1 is 1.29 bits per heavy atom. The Kier molecular flexibility index (Phi) is 2.98. The molecule has 1 aromatic carbocycles. The van der Waals surface area contributed by atoms with Crippen molar-refractivity contribution < 1.29 is 4.52 Å². The van der Waals surface area contributed by atoms with Crippen molar-refractivity contribution >= 4 is 11.6 Å². The van der Waals surface area contributed by atoms with Gasteiger partial charge in [0.05, 0.1) is 28.8 Å². The van der Waals surface area contributed by atoms with Crippen LogP contribution in [-0.2, 0) is 13.0 Å². The van der Waals surface area contributed by atoms with Gasteiger partial charge in [-0.2, -0.15) is 4.98 Å². The maximum Gasteiger partial charge on any atom is 0.244 e. The lowest BCUT2D eigenvalue weighted by molar-refractivity contribution is 0.319. The lowest BCUT2D eigenvalue weighted by Crippen LogP contribution is -2.28. The number of hydrogen-bond donors (Lipinski definition) is 2. The topological polar surface area (TPSA) is 79.6 Å². The van der Waals surface area contributed by atoms with Gasteiger partial charge >= 0.3 is 0 Å². The van der Waals surface area contributed by atoms with Gasteiger partial charge < -0.3 is 9.51 Å². The van der Waals surface area contributed by atoms with Crippen LogP contribution in [0, 0.1) is 0 Å². The molecule has 7 heteroatoms. The molecule has 4 rings (SSSR count). The van der Waals surface area contributed by atoms with Crippen molar-refractivity contribution in [3.63, 3.8) is 0 Å². The first-order chi connectivity index (χ1) is 10.3. The molecule has 0 fully saturated rings. The number of imidazole rings is 1. The van der Waals surface area contributed by atoms with Crippen LogP contribution < -0.4 is 5.32 Å². The number of hydrogen-bond acceptors (Lipinski definition) is 5. The average Bonchev–Trinajstić information content (AvgIpc) is 3.16. The van der Waals surface area contributed by atoms with Crippen molar-refractivity contribution in [3.8, 4) is 11.4 Å². The number of benzene rings is 1. The second-order valence-corrected chi connectivity index (χ2v) is 5.31. The van der Waals surface area contributed by atoms with Gasteiger partial charge in [0.1, 0.15) is 0 Å². The molecular weight excluding hydrogens is 290 g/mol. The second kappa shape index (κ2) is 4.98. The first-order valence-electron chi connectivity index (χ1n) is 6.64. The van der Waals surface area contributed by atoms with Crippen LogP contribution in [0.1, 0.15) is 23.3 Å². The van der Waals surface area contributed by atoms with Gasteiger partial charge in [0.15, 0.2) is 0 Å². The molecular formula is C14H12ClN5O. The van der Waals surface area contributed by atoms with Crippen molar-refractivity contribution in [2.75, 3.05) is 0 Å². The fourth-order valence-corrected chi connectivity index (χ4v) is 2.69. The molecule has 0 saturated heterocycles. The highest BCUT2D eigenvalue weighted by Crippen LogP contribution is 2.28. The Bertz CT molecular complexity index is 781. The summed E-state index contributed by atoms with van der Waals surface area (Å²) >= 11 is 6.15. The van der Waals surface area contributed by atoms with Gasteiger partial charge in [-0.25, -0.2) is 4.98 Å². The van der Waals surface area contributed by atoms with E-state index in [0.717, 1.165) is 23.4 Å². The summed E-state index contributed by atoms with van der Waals surface area (Å²) in [5.74, 6) is 1.06. The molecule has 3 heterocycles. The van der Waals surface area contributed by atoms with Gasteiger partial charge in [-0.05, 0) is 12.1 Å². The third-order valence-corrected chi connectivity index (χ3v) is 3.91. The summed E-state index contributed by atoms with van der Waals surface area (Å²) in [6.45, 7) is 0.712. The number of nitrogens with one attached hydrogen (secondary N) is 2. The van der Waals surface area contributed by atoms with Crippen molar-refractivity contribution in [1.82, 2.24) is 25.4 Å². The summed E-state index contributed by atoms with van der Waals surface area (Å²) in [5, 5.41) is 7.99. The summed E-state index contributed by atoms with van der Waals surface area (Å²) in [6, 6.07) is 7.42. The van der Waals surface area contributed by atoms with E-state index in [0.29, 0.717) is 23.3 Å². The minimum atomic E-state index is -0.0236. The number of rotatable bonds is 2. The molecule has 2 N–H and O–H groups in total. The maximum atomic E-state index is 6.15. The quantitative estimate of drug-likeness (QED) is 0.760. The third kappa shape index (κ3) is 2.22. The summed E-state index contributed by atoms with van der Waals surface area (Å²) < 4.78 is 5.38. The smallest absolute Gasteiger partial charge is 0.244 e. The molecule has 1 aliphatic rings. The van der Waals surface area contributed by atoms with Gasteiger partial charge in [0, 0.05) is 18.5 Å². The number of aromatic amines is 1. The molecule has 1 aliphatic heterocycles. The number of H-pyrrole nitrogens is 1. The molecule has 1 atom stereocenters. The first kappa shape index (κ1) is 12.6. The zero-order chi connectivity index (χ0) is 14.2. The highest BCUT2D eigenvalue weighted by atomic mass is 35.5. The van der Waals surface area contributed by atoms with E-state index in [2.05, 4.69) is 25.4 Å². The normalized spacial score (nSPS) is 17.7. The van der Waals surface area contributed by atoms with Crippen LogP contribution in [0.3, 0.4) is 0 Å². The van der Waals surface area contributed by atoms with E-state index in [1.807, 2.05) is 24.3 Å². The van der Waals surface area contributed by atoms with Crippen LogP contribution >= 0.6 is 11.6 Å². The Morgan fingerprint density at radius 2 is 2.19 bits per heavy atom. The van der Waals surface area contributed by atoms with Gasteiger partial charge in [0.25, 0.3) is 0 Å². The number of aromatic nitrogens is 4. The van der Waals surface area contributed by atoms with E-state index < -0.39 is 0 Å². The van der Waals surface area contributed by atoms with Gasteiger partial charge in [-0.3, -0.25) is 5.32 Å². The minimum Gasteiger partial charge on any atom is -0.347 e. The average molecular weight is 302 g/mol. The van der Waals surface area contributed by atoms with Crippen molar-refractivity contribution in [2.45, 2.75) is 19.0 Å². The minimum absolute atomic E-state index is 0.0236. The standard InChI is InChI=1S/C14H12ClN5O/c15-9-4-2-1-3-8(9)13-19-14(21-20-13)11-5-10-12(6-16-11)18-7-17-10/h1-4,7,11,16H,5-6H2,(H,17,18). The van der Waals surface area contributed by atoms with Gasteiger partial charge in [0.2, 0.25) is 11.7 Å². The molecule has 0 spiro atoms. The predicted octanol–water partition coefficient (Wildman–Crippen LogP) is 2.50. The van der Waals surface area contributed by atoms with Gasteiger partial charge in [-0.15, -0.1) is 0 Å². The van der Waals surface area contributed by atoms with Crippen molar-refractivity contribution in [2.24, 2.45) is 0 Å². The van der Waals surface area contributed by atoms with E-state index in [1.165, 1.54) is 0 Å². The van der Waals surface area contributed by atoms with Crippen molar-refractivity contribution in [3.05, 3.63) is 52.9 Å². The summed E-state index contributed by atoms with van der Waals surface area (Å²) in [5.41, 5.74) is 2.92. The molecule has 21 heavy (non-hydrogen) atoms. The second-order valence-electron chi connectivity index (χ2n) is 4.90. The van der Waals surface area contributed by atoms with Crippen LogP contribution in [0.5, 0.6) is 0 Å². The SMILES string of the molecule is Clc1ccccc1-c1noc(C2Cc3nc[nH]c3CN2)n1. The monoisotopic (exact) mass is 301 g/mol.